The maximum atomic E-state index is 13.0. The predicted molar refractivity (Wildman–Crippen MR) is 73.4 cm³/mol. The molecule has 1 aromatic carbocycles. The van der Waals surface area contributed by atoms with Crippen LogP contribution in [0.5, 0.6) is 0 Å². The molecule has 0 aromatic heterocycles. The minimum atomic E-state index is -0.307. The van der Waals surface area contributed by atoms with Crippen molar-refractivity contribution >= 4 is 21.8 Å². The molecule has 1 atom stereocenters. The summed E-state index contributed by atoms with van der Waals surface area (Å²) in [5.41, 5.74) is 6.13. The summed E-state index contributed by atoms with van der Waals surface area (Å²) < 4.78 is 13.8. The van der Waals surface area contributed by atoms with E-state index < -0.39 is 0 Å². The first kappa shape index (κ1) is 15.1. The molecule has 3 N–H and O–H groups in total. The van der Waals surface area contributed by atoms with Crippen LogP contribution in [0.3, 0.4) is 0 Å². The van der Waals surface area contributed by atoms with Crippen molar-refractivity contribution in [3.05, 3.63) is 34.1 Å². The summed E-state index contributed by atoms with van der Waals surface area (Å²) in [4.78, 5) is 11.8. The van der Waals surface area contributed by atoms with Crippen molar-refractivity contribution in [3.8, 4) is 0 Å². The molecule has 0 aliphatic carbocycles. The zero-order valence-corrected chi connectivity index (χ0v) is 12.0. The Morgan fingerprint density at radius 3 is 2.94 bits per heavy atom. The van der Waals surface area contributed by atoms with Crippen LogP contribution in [0.1, 0.15) is 25.3 Å². The Morgan fingerprint density at radius 2 is 2.28 bits per heavy atom. The van der Waals surface area contributed by atoms with Gasteiger partial charge in [0.2, 0.25) is 5.91 Å². The molecule has 0 aliphatic rings. The molecule has 0 spiro atoms. The highest BCUT2D eigenvalue weighted by atomic mass is 79.9. The molecule has 0 aliphatic heterocycles. The maximum absolute atomic E-state index is 13.0. The Balaban J connectivity index is 2.49. The monoisotopic (exact) mass is 316 g/mol. The first-order valence-corrected chi connectivity index (χ1v) is 6.75. The lowest BCUT2D eigenvalue weighted by Gasteiger charge is -2.12. The van der Waals surface area contributed by atoms with Crippen molar-refractivity contribution < 1.29 is 9.18 Å². The quantitative estimate of drug-likeness (QED) is 0.847. The van der Waals surface area contributed by atoms with E-state index in [-0.39, 0.29) is 17.6 Å². The second-order valence-corrected chi connectivity index (χ2v) is 5.14. The van der Waals surface area contributed by atoms with Gasteiger partial charge in [0.25, 0.3) is 0 Å². The fourth-order valence-corrected chi connectivity index (χ4v) is 1.98. The lowest BCUT2D eigenvalue weighted by molar-refractivity contribution is -0.124. The molecule has 100 valence electrons. The molecule has 0 fully saturated rings. The van der Waals surface area contributed by atoms with Crippen LogP contribution in [0.2, 0.25) is 0 Å². The summed E-state index contributed by atoms with van der Waals surface area (Å²) in [7, 11) is 0. The smallest absolute Gasteiger partial charge is 0.223 e. The second kappa shape index (κ2) is 7.48. The first-order chi connectivity index (χ1) is 8.54. The molecule has 0 bridgehead atoms. The molecule has 1 rings (SSSR count). The lowest BCUT2D eigenvalue weighted by Crippen LogP contribution is -2.29. The van der Waals surface area contributed by atoms with Gasteiger partial charge in [-0.25, -0.2) is 4.39 Å². The van der Waals surface area contributed by atoms with Gasteiger partial charge < -0.3 is 11.1 Å². The van der Waals surface area contributed by atoms with Gasteiger partial charge in [-0.05, 0) is 43.1 Å². The lowest BCUT2D eigenvalue weighted by atomic mass is 10.0. The zero-order valence-electron chi connectivity index (χ0n) is 10.4. The normalized spacial score (nSPS) is 12.2. The summed E-state index contributed by atoms with van der Waals surface area (Å²) in [6.07, 6.45) is 1.60. The van der Waals surface area contributed by atoms with Crippen molar-refractivity contribution in [2.24, 2.45) is 11.7 Å². The number of benzene rings is 1. The van der Waals surface area contributed by atoms with E-state index in [1.54, 1.807) is 6.07 Å². The first-order valence-electron chi connectivity index (χ1n) is 5.96. The third-order valence-electron chi connectivity index (χ3n) is 2.75. The van der Waals surface area contributed by atoms with Crippen LogP contribution in [-0.2, 0) is 11.3 Å². The van der Waals surface area contributed by atoms with Gasteiger partial charge in [-0.1, -0.05) is 22.9 Å². The minimum Gasteiger partial charge on any atom is -0.352 e. The van der Waals surface area contributed by atoms with E-state index in [0.29, 0.717) is 13.1 Å². The molecule has 0 saturated heterocycles. The van der Waals surface area contributed by atoms with E-state index in [1.807, 2.05) is 6.92 Å². The Bertz CT molecular complexity index is 412. The summed E-state index contributed by atoms with van der Waals surface area (Å²) in [5.74, 6) is -0.404. The van der Waals surface area contributed by atoms with Crippen molar-refractivity contribution in [2.75, 3.05) is 6.54 Å². The number of carbonyl (C=O) groups is 1. The van der Waals surface area contributed by atoms with Crippen LogP contribution in [0.25, 0.3) is 0 Å². The van der Waals surface area contributed by atoms with Crippen LogP contribution >= 0.6 is 15.9 Å². The fraction of sp³-hybridized carbons (Fsp3) is 0.462. The average molecular weight is 317 g/mol. The molecule has 0 radical (unpaired) electrons. The van der Waals surface area contributed by atoms with Crippen LogP contribution in [0.15, 0.2) is 22.7 Å². The zero-order chi connectivity index (χ0) is 13.5. The number of amides is 1. The molecule has 3 nitrogen and oxygen atoms in total. The highest BCUT2D eigenvalue weighted by Crippen LogP contribution is 2.17. The van der Waals surface area contributed by atoms with Gasteiger partial charge in [-0.2, -0.15) is 0 Å². The van der Waals surface area contributed by atoms with E-state index in [4.69, 9.17) is 5.73 Å². The molecular formula is C13H18BrFN2O. The number of nitrogens with one attached hydrogen (secondary N) is 1. The number of halogens is 2. The van der Waals surface area contributed by atoms with E-state index in [1.165, 1.54) is 12.1 Å². The average Bonchev–Trinajstić information content (AvgIpc) is 2.36. The largest absolute Gasteiger partial charge is 0.352 e. The molecular weight excluding hydrogens is 299 g/mol. The highest BCUT2D eigenvalue weighted by Gasteiger charge is 2.12. The summed E-state index contributed by atoms with van der Waals surface area (Å²) in [6.45, 7) is 2.78. The van der Waals surface area contributed by atoms with Crippen molar-refractivity contribution in [2.45, 2.75) is 26.3 Å². The number of carbonyl (C=O) groups excluding carboxylic acids is 1. The highest BCUT2D eigenvalue weighted by molar-refractivity contribution is 9.10. The van der Waals surface area contributed by atoms with Crippen LogP contribution < -0.4 is 11.1 Å². The Hall–Kier alpha value is -0.940. The number of hydrogen-bond acceptors (Lipinski definition) is 2. The van der Waals surface area contributed by atoms with Gasteiger partial charge in [0.05, 0.1) is 0 Å². The summed E-state index contributed by atoms with van der Waals surface area (Å²) >= 11 is 3.33. The Kier molecular flexibility index (Phi) is 6.29. The van der Waals surface area contributed by atoms with Gasteiger partial charge in [0.15, 0.2) is 0 Å². The molecule has 1 amide bonds. The van der Waals surface area contributed by atoms with E-state index in [9.17, 15) is 9.18 Å². The van der Waals surface area contributed by atoms with Gasteiger partial charge >= 0.3 is 0 Å². The SMILES string of the molecule is CC(CCCN)C(=O)NCc1cc(F)ccc1Br. The van der Waals surface area contributed by atoms with Crippen molar-refractivity contribution in [3.63, 3.8) is 0 Å². The molecule has 18 heavy (non-hydrogen) atoms. The molecule has 1 aromatic rings. The van der Waals surface area contributed by atoms with Gasteiger partial charge in [-0.3, -0.25) is 4.79 Å². The number of nitrogens with two attached hydrogens (primary N) is 1. The second-order valence-electron chi connectivity index (χ2n) is 4.29. The molecule has 0 saturated carbocycles. The van der Waals surface area contributed by atoms with Crippen LogP contribution in [-0.4, -0.2) is 12.5 Å². The van der Waals surface area contributed by atoms with Crippen LogP contribution in [0, 0.1) is 11.7 Å². The molecule has 0 heterocycles. The maximum Gasteiger partial charge on any atom is 0.223 e. The van der Waals surface area contributed by atoms with Gasteiger partial charge in [0, 0.05) is 16.9 Å². The fourth-order valence-electron chi connectivity index (χ4n) is 1.59. The van der Waals surface area contributed by atoms with Gasteiger partial charge in [-0.15, -0.1) is 0 Å². The van der Waals surface area contributed by atoms with Crippen molar-refractivity contribution in [1.29, 1.82) is 0 Å². The Labute approximate surface area is 115 Å². The van der Waals surface area contributed by atoms with Gasteiger partial charge in [0.1, 0.15) is 5.82 Å². The molecule has 1 unspecified atom stereocenters. The number of hydrogen-bond donors (Lipinski definition) is 2. The van der Waals surface area contributed by atoms with Crippen LogP contribution in [0.4, 0.5) is 4.39 Å². The van der Waals surface area contributed by atoms with E-state index in [2.05, 4.69) is 21.2 Å². The van der Waals surface area contributed by atoms with Crippen molar-refractivity contribution in [1.82, 2.24) is 5.32 Å². The van der Waals surface area contributed by atoms with E-state index >= 15 is 0 Å². The minimum absolute atomic E-state index is 0.0281. The van der Waals surface area contributed by atoms with E-state index in [0.717, 1.165) is 22.9 Å². The number of rotatable bonds is 6. The topological polar surface area (TPSA) is 55.1 Å². The third-order valence-corrected chi connectivity index (χ3v) is 3.52. The predicted octanol–water partition coefficient (Wildman–Crippen LogP) is 2.58. The third kappa shape index (κ3) is 4.74. The molecule has 5 heteroatoms. The standard InChI is InChI=1S/C13H18BrFN2O/c1-9(3-2-6-16)13(18)17-8-10-7-11(15)4-5-12(10)14/h4-5,7,9H,2-3,6,8,16H2,1H3,(H,17,18). The summed E-state index contributed by atoms with van der Waals surface area (Å²) in [5, 5.41) is 2.80. The summed E-state index contributed by atoms with van der Waals surface area (Å²) in [6, 6.07) is 4.42. The Morgan fingerprint density at radius 1 is 1.56 bits per heavy atom.